The molecule has 6 nitrogen and oxygen atoms in total. The van der Waals surface area contributed by atoms with Gasteiger partial charge < -0.3 is 10.1 Å². The minimum absolute atomic E-state index is 0.133. The first kappa shape index (κ1) is 11.5. The number of nitriles is 1. The number of aromatic carboxylic acids is 1. The number of aromatic nitrogens is 2. The number of carboxylic acid groups (broad SMARTS) is 1. The van der Waals surface area contributed by atoms with Crippen molar-refractivity contribution in [3.05, 3.63) is 52.2 Å². The number of carboxylic acids is 1. The molecule has 0 fully saturated rings. The van der Waals surface area contributed by atoms with Crippen LogP contribution in [0.1, 0.15) is 16.1 Å². The lowest BCUT2D eigenvalue weighted by molar-refractivity contribution is 0.0691. The van der Waals surface area contributed by atoms with Gasteiger partial charge in [0.1, 0.15) is 17.3 Å². The van der Waals surface area contributed by atoms with E-state index in [2.05, 4.69) is 9.97 Å². The lowest BCUT2D eigenvalue weighted by Gasteiger charge is -2.05. The smallest absolute Gasteiger partial charge is 0.353 e. The highest BCUT2D eigenvalue weighted by molar-refractivity contribution is 5.94. The third-order valence-electron chi connectivity index (χ3n) is 2.37. The first-order valence-corrected chi connectivity index (χ1v) is 4.94. The Morgan fingerprint density at radius 1 is 1.39 bits per heavy atom. The van der Waals surface area contributed by atoms with Crippen LogP contribution in [0, 0.1) is 11.3 Å². The molecule has 2 aromatic rings. The van der Waals surface area contributed by atoms with Gasteiger partial charge in [-0.05, 0) is 23.8 Å². The predicted molar refractivity (Wildman–Crippen MR) is 62.0 cm³/mol. The van der Waals surface area contributed by atoms with Gasteiger partial charge >= 0.3 is 5.97 Å². The van der Waals surface area contributed by atoms with Crippen LogP contribution < -0.4 is 5.56 Å². The fraction of sp³-hybridized carbons (Fsp3) is 0. The normalized spacial score (nSPS) is 9.72. The fourth-order valence-corrected chi connectivity index (χ4v) is 1.54. The highest BCUT2D eigenvalue weighted by Gasteiger charge is 2.15. The Morgan fingerprint density at radius 3 is 2.61 bits per heavy atom. The van der Waals surface area contributed by atoms with Crippen LogP contribution in [0.4, 0.5) is 0 Å². The molecule has 0 bridgehead atoms. The first-order chi connectivity index (χ1) is 8.63. The zero-order valence-corrected chi connectivity index (χ0v) is 9.04. The zero-order chi connectivity index (χ0) is 13.1. The van der Waals surface area contributed by atoms with Crippen LogP contribution in [0.15, 0.2) is 35.4 Å². The van der Waals surface area contributed by atoms with Crippen molar-refractivity contribution in [2.45, 2.75) is 0 Å². The molecule has 0 aromatic carbocycles. The SMILES string of the molecule is N#Cc1cc(-c2ccncc2)c(C(=O)O)[nH]c1=O. The molecular formula is C12H7N3O3. The van der Waals surface area contributed by atoms with Crippen molar-refractivity contribution < 1.29 is 9.90 Å². The average molecular weight is 241 g/mol. The standard InChI is InChI=1S/C12H7N3O3/c13-6-8-5-9(7-1-3-14-4-2-7)10(12(17)18)15-11(8)16/h1-5H,(H,15,16)(H,17,18). The molecule has 2 rings (SSSR count). The van der Waals surface area contributed by atoms with Crippen LogP contribution >= 0.6 is 0 Å². The summed E-state index contributed by atoms with van der Waals surface area (Å²) in [7, 11) is 0. The van der Waals surface area contributed by atoms with E-state index in [9.17, 15) is 9.59 Å². The highest BCUT2D eigenvalue weighted by Crippen LogP contribution is 2.21. The van der Waals surface area contributed by atoms with Gasteiger partial charge in [-0.2, -0.15) is 5.26 Å². The predicted octanol–water partition coefficient (Wildman–Crippen LogP) is 1.01. The topological polar surface area (TPSA) is 107 Å². The number of rotatable bonds is 2. The van der Waals surface area contributed by atoms with Crippen molar-refractivity contribution in [2.75, 3.05) is 0 Å². The summed E-state index contributed by atoms with van der Waals surface area (Å²) in [4.78, 5) is 28.5. The van der Waals surface area contributed by atoms with Gasteiger partial charge in [0.25, 0.3) is 5.56 Å². The minimum atomic E-state index is -1.26. The molecule has 0 saturated carbocycles. The van der Waals surface area contributed by atoms with Crippen molar-refractivity contribution >= 4 is 5.97 Å². The van der Waals surface area contributed by atoms with Gasteiger partial charge in [0.15, 0.2) is 0 Å². The minimum Gasteiger partial charge on any atom is -0.477 e. The summed E-state index contributed by atoms with van der Waals surface area (Å²) in [5.41, 5.74) is -0.249. The summed E-state index contributed by atoms with van der Waals surface area (Å²) in [5.74, 6) is -1.26. The van der Waals surface area contributed by atoms with Gasteiger partial charge in [-0.1, -0.05) is 0 Å². The lowest BCUT2D eigenvalue weighted by atomic mass is 10.0. The summed E-state index contributed by atoms with van der Waals surface area (Å²) in [6.07, 6.45) is 3.00. The quantitative estimate of drug-likeness (QED) is 0.815. The Labute approximate surface area is 101 Å². The number of H-pyrrole nitrogens is 1. The molecule has 0 aliphatic heterocycles. The van der Waals surface area contributed by atoms with E-state index < -0.39 is 11.5 Å². The second-order valence-corrected chi connectivity index (χ2v) is 3.45. The number of carbonyl (C=O) groups is 1. The second kappa shape index (κ2) is 4.51. The van der Waals surface area contributed by atoms with Crippen molar-refractivity contribution in [2.24, 2.45) is 0 Å². The monoisotopic (exact) mass is 241 g/mol. The Morgan fingerprint density at radius 2 is 2.06 bits per heavy atom. The van der Waals surface area contributed by atoms with Crippen LogP contribution in [0.3, 0.4) is 0 Å². The van der Waals surface area contributed by atoms with E-state index in [1.165, 1.54) is 18.5 Å². The number of pyridine rings is 2. The van der Waals surface area contributed by atoms with Gasteiger partial charge in [-0.3, -0.25) is 9.78 Å². The van der Waals surface area contributed by atoms with Crippen LogP contribution in [0.25, 0.3) is 11.1 Å². The van der Waals surface area contributed by atoms with E-state index in [0.29, 0.717) is 5.56 Å². The highest BCUT2D eigenvalue weighted by atomic mass is 16.4. The Bertz CT molecular complexity index is 699. The first-order valence-electron chi connectivity index (χ1n) is 4.94. The van der Waals surface area contributed by atoms with Gasteiger partial charge in [0, 0.05) is 18.0 Å². The summed E-state index contributed by atoms with van der Waals surface area (Å²) in [6.45, 7) is 0. The molecule has 0 aliphatic carbocycles. The number of aromatic amines is 1. The molecule has 0 saturated heterocycles. The second-order valence-electron chi connectivity index (χ2n) is 3.45. The van der Waals surface area contributed by atoms with Gasteiger partial charge in [-0.25, -0.2) is 4.79 Å². The average Bonchev–Trinajstić information content (AvgIpc) is 2.39. The van der Waals surface area contributed by atoms with Gasteiger partial charge in [0.05, 0.1) is 0 Å². The Kier molecular flexibility index (Phi) is 2.89. The third kappa shape index (κ3) is 1.97. The van der Waals surface area contributed by atoms with E-state index in [4.69, 9.17) is 10.4 Å². The van der Waals surface area contributed by atoms with E-state index in [-0.39, 0.29) is 16.8 Å². The maximum atomic E-state index is 11.4. The summed E-state index contributed by atoms with van der Waals surface area (Å²) in [5, 5.41) is 17.8. The summed E-state index contributed by atoms with van der Waals surface area (Å²) in [6, 6.07) is 6.18. The molecule has 0 spiro atoms. The molecule has 0 unspecified atom stereocenters. The number of nitrogens with one attached hydrogen (secondary N) is 1. The van der Waals surface area contributed by atoms with Gasteiger partial charge in [0.2, 0.25) is 0 Å². The van der Waals surface area contributed by atoms with E-state index in [1.54, 1.807) is 18.2 Å². The number of hydrogen-bond acceptors (Lipinski definition) is 4. The molecular weight excluding hydrogens is 234 g/mol. The lowest BCUT2D eigenvalue weighted by Crippen LogP contribution is -2.16. The van der Waals surface area contributed by atoms with E-state index >= 15 is 0 Å². The van der Waals surface area contributed by atoms with Crippen LogP contribution in [0.2, 0.25) is 0 Å². The summed E-state index contributed by atoms with van der Waals surface area (Å²) >= 11 is 0. The third-order valence-corrected chi connectivity index (χ3v) is 2.37. The largest absolute Gasteiger partial charge is 0.477 e. The Balaban J connectivity index is 2.77. The van der Waals surface area contributed by atoms with Crippen LogP contribution in [0.5, 0.6) is 0 Å². The molecule has 6 heteroatoms. The van der Waals surface area contributed by atoms with E-state index in [0.717, 1.165) is 0 Å². The number of hydrogen-bond donors (Lipinski definition) is 2. The molecule has 2 aromatic heterocycles. The molecule has 2 N–H and O–H groups in total. The van der Waals surface area contributed by atoms with Crippen LogP contribution in [-0.2, 0) is 0 Å². The molecule has 0 amide bonds. The molecule has 18 heavy (non-hydrogen) atoms. The number of nitrogens with zero attached hydrogens (tertiary/aromatic N) is 2. The van der Waals surface area contributed by atoms with E-state index in [1.807, 2.05) is 0 Å². The molecule has 0 aliphatic rings. The maximum Gasteiger partial charge on any atom is 0.353 e. The van der Waals surface area contributed by atoms with Gasteiger partial charge in [-0.15, -0.1) is 0 Å². The molecule has 2 heterocycles. The molecule has 0 radical (unpaired) electrons. The maximum absolute atomic E-state index is 11.4. The van der Waals surface area contributed by atoms with Crippen molar-refractivity contribution in [1.29, 1.82) is 5.26 Å². The molecule has 0 atom stereocenters. The zero-order valence-electron chi connectivity index (χ0n) is 9.04. The van der Waals surface area contributed by atoms with Crippen LogP contribution in [-0.4, -0.2) is 21.0 Å². The Hall–Kier alpha value is -2.94. The molecule has 88 valence electrons. The summed E-state index contributed by atoms with van der Waals surface area (Å²) < 4.78 is 0. The van der Waals surface area contributed by atoms with Crippen molar-refractivity contribution in [1.82, 2.24) is 9.97 Å². The fourth-order valence-electron chi connectivity index (χ4n) is 1.54. The van der Waals surface area contributed by atoms with Crippen molar-refractivity contribution in [3.8, 4) is 17.2 Å². The van der Waals surface area contributed by atoms with Crippen molar-refractivity contribution in [3.63, 3.8) is 0 Å².